The van der Waals surface area contributed by atoms with Crippen LogP contribution in [-0.2, 0) is 14.2 Å². The number of hydrogen-bond acceptors (Lipinski definition) is 14. The number of rotatable bonds is 42. The molecular formula is C73H117N3O12. The van der Waals surface area contributed by atoms with E-state index in [9.17, 15) is 34.5 Å². The fourth-order valence-corrected chi connectivity index (χ4v) is 9.82. The first-order valence-corrected chi connectivity index (χ1v) is 33.3. The number of aromatic carboxylic acids is 1. The Balaban J connectivity index is 0.000000611. The van der Waals surface area contributed by atoms with Crippen molar-refractivity contribution in [1.29, 1.82) is 0 Å². The van der Waals surface area contributed by atoms with Crippen LogP contribution in [0.3, 0.4) is 0 Å². The van der Waals surface area contributed by atoms with Gasteiger partial charge in [-0.25, -0.2) is 19.2 Å². The van der Waals surface area contributed by atoms with Gasteiger partial charge in [-0.2, -0.15) is 0 Å². The molecule has 0 bridgehead atoms. The zero-order chi connectivity index (χ0) is 65.4. The van der Waals surface area contributed by atoms with E-state index in [1.54, 1.807) is 36.4 Å². The van der Waals surface area contributed by atoms with Gasteiger partial charge in [-0.15, -0.1) is 0 Å². The van der Waals surface area contributed by atoms with Crippen molar-refractivity contribution in [3.63, 3.8) is 0 Å². The van der Waals surface area contributed by atoms with Gasteiger partial charge in [-0.3, -0.25) is 4.90 Å². The molecule has 0 fully saturated rings. The molecule has 0 amide bonds. The maximum Gasteiger partial charge on any atom is 0.338 e. The highest BCUT2D eigenvalue weighted by Gasteiger charge is 2.35. The third-order valence-corrected chi connectivity index (χ3v) is 15.9. The van der Waals surface area contributed by atoms with Crippen LogP contribution in [0.15, 0.2) is 97.1 Å². The van der Waals surface area contributed by atoms with E-state index in [0.29, 0.717) is 36.5 Å². The molecular weight excluding hydrogens is 1110 g/mol. The van der Waals surface area contributed by atoms with Crippen LogP contribution in [0.25, 0.3) is 0 Å². The summed E-state index contributed by atoms with van der Waals surface area (Å²) in [4.78, 5) is 53.8. The van der Waals surface area contributed by atoms with E-state index < -0.39 is 5.97 Å². The molecule has 496 valence electrons. The molecule has 0 heterocycles. The standard InChI is InChI=1S/C24H41NO3.C22H37NO3.C20H33NO3.C7H6O3/c1-3-5-7-9-11-18-25(19-12-10-8-6-4-2)20-13-21-28-24(27)22-14-16-23(26)17-15-22;1-3-5-7-9-16-23(17-10-8-6-4-2)18-11-19-26-22(25)20-12-14-21(24)15-13-20;1-7-19(3,4)21(20(5,6)8-2)14-9-15-24-18(23)16-10-12-17(22)13-11-16;8-6-3-1-5(2-4-6)7(9)10/h14-17,26H,3-13,18-21H2,1-2H3;12-15,24H,3-11,16-19H2,1-2H3;10-13,22H,7-9,14-15H2,1-6H3;1-4,8H,(H,9,10). The van der Waals surface area contributed by atoms with Gasteiger partial charge in [0, 0.05) is 30.7 Å². The highest BCUT2D eigenvalue weighted by atomic mass is 16.5. The number of carboxylic acids is 1. The second kappa shape index (κ2) is 48.7. The molecule has 15 nitrogen and oxygen atoms in total. The molecule has 5 N–H and O–H groups in total. The second-order valence-electron chi connectivity index (χ2n) is 24.1. The summed E-state index contributed by atoms with van der Waals surface area (Å²) < 4.78 is 16.1. The van der Waals surface area contributed by atoms with Crippen molar-refractivity contribution < 1.29 is 58.9 Å². The summed E-state index contributed by atoms with van der Waals surface area (Å²) in [5, 5.41) is 45.0. The third-order valence-electron chi connectivity index (χ3n) is 15.9. The number of phenols is 4. The zero-order valence-electron chi connectivity index (χ0n) is 56.0. The predicted octanol–water partition coefficient (Wildman–Crippen LogP) is 17.3. The number of unbranched alkanes of at least 4 members (excludes halogenated alkanes) is 14. The van der Waals surface area contributed by atoms with Crippen LogP contribution < -0.4 is 0 Å². The Morgan fingerprint density at radius 3 is 0.807 bits per heavy atom. The molecule has 0 atom stereocenters. The lowest BCUT2D eigenvalue weighted by Crippen LogP contribution is -2.55. The van der Waals surface area contributed by atoms with Crippen molar-refractivity contribution in [3.8, 4) is 23.0 Å². The minimum Gasteiger partial charge on any atom is -0.508 e. The highest BCUT2D eigenvalue weighted by Crippen LogP contribution is 2.30. The number of ether oxygens (including phenoxy) is 3. The lowest BCUT2D eigenvalue weighted by Gasteiger charge is -2.48. The maximum absolute atomic E-state index is 12.0. The lowest BCUT2D eigenvalue weighted by molar-refractivity contribution is 0.00334. The molecule has 4 aromatic carbocycles. The molecule has 4 aromatic rings. The molecule has 0 unspecified atom stereocenters. The van der Waals surface area contributed by atoms with Crippen LogP contribution >= 0.6 is 0 Å². The van der Waals surface area contributed by atoms with E-state index in [4.69, 9.17) is 24.4 Å². The molecule has 0 aliphatic heterocycles. The summed E-state index contributed by atoms with van der Waals surface area (Å²) in [6.07, 6.45) is 28.1. The number of nitrogens with zero attached hydrogens (tertiary/aromatic N) is 3. The Morgan fingerprint density at radius 2 is 0.557 bits per heavy atom. The van der Waals surface area contributed by atoms with Crippen molar-refractivity contribution >= 4 is 23.9 Å². The molecule has 88 heavy (non-hydrogen) atoms. The second-order valence-corrected chi connectivity index (χ2v) is 24.1. The van der Waals surface area contributed by atoms with Crippen molar-refractivity contribution in [2.75, 3.05) is 65.6 Å². The molecule has 0 saturated heterocycles. The van der Waals surface area contributed by atoms with E-state index in [-0.39, 0.29) is 57.5 Å². The summed E-state index contributed by atoms with van der Waals surface area (Å²) in [5.74, 6) is -1.43. The van der Waals surface area contributed by atoms with Gasteiger partial charge in [0.1, 0.15) is 23.0 Å². The Labute approximate surface area is 531 Å². The van der Waals surface area contributed by atoms with E-state index in [0.717, 1.165) is 77.9 Å². The molecule has 4 rings (SSSR count). The summed E-state index contributed by atoms with van der Waals surface area (Å²) in [6.45, 7) is 31.3. The molecule has 0 aromatic heterocycles. The van der Waals surface area contributed by atoms with Crippen molar-refractivity contribution in [2.45, 2.75) is 228 Å². The number of aromatic hydroxyl groups is 4. The van der Waals surface area contributed by atoms with E-state index in [1.807, 2.05) is 0 Å². The summed E-state index contributed by atoms with van der Waals surface area (Å²) >= 11 is 0. The van der Waals surface area contributed by atoms with E-state index >= 15 is 0 Å². The van der Waals surface area contributed by atoms with Gasteiger partial charge in [0.15, 0.2) is 0 Å². The van der Waals surface area contributed by atoms with Gasteiger partial charge in [-0.05, 0) is 209 Å². The van der Waals surface area contributed by atoms with Gasteiger partial charge < -0.3 is 49.5 Å². The Bertz CT molecular complexity index is 2350. The van der Waals surface area contributed by atoms with Gasteiger partial charge in [0.25, 0.3) is 0 Å². The van der Waals surface area contributed by atoms with Gasteiger partial charge >= 0.3 is 23.9 Å². The van der Waals surface area contributed by atoms with Crippen molar-refractivity contribution in [1.82, 2.24) is 14.7 Å². The first kappa shape index (κ1) is 79.9. The van der Waals surface area contributed by atoms with Crippen LogP contribution in [0.2, 0.25) is 0 Å². The topological polar surface area (TPSA) is 207 Å². The number of carbonyl (C=O) groups excluding carboxylic acids is 3. The number of hydrogen-bond donors (Lipinski definition) is 5. The average molecular weight is 1230 g/mol. The summed E-state index contributed by atoms with van der Waals surface area (Å²) in [7, 11) is 0. The quantitative estimate of drug-likeness (QED) is 0.0159. The normalized spacial score (nSPS) is 11.2. The Morgan fingerprint density at radius 1 is 0.330 bits per heavy atom. The average Bonchev–Trinajstić information content (AvgIpc) is 3.55. The lowest BCUT2D eigenvalue weighted by atomic mass is 9.89. The molecule has 0 spiro atoms. The first-order chi connectivity index (χ1) is 42.2. The highest BCUT2D eigenvalue weighted by molar-refractivity contribution is 5.90. The van der Waals surface area contributed by atoms with Crippen LogP contribution in [-0.4, -0.2) is 141 Å². The first-order valence-electron chi connectivity index (χ1n) is 33.3. The molecule has 15 heteroatoms. The minimum atomic E-state index is -0.986. The molecule has 0 saturated carbocycles. The Kier molecular flexibility index (Phi) is 44.2. The SMILES string of the molecule is CCC(C)(C)N(CCCOC(=O)c1ccc(O)cc1)C(C)(C)CC.CCCCCCCN(CCCCCCC)CCCOC(=O)c1ccc(O)cc1.CCCCCCN(CCCCCC)CCCOC(=O)c1ccc(O)cc1.O=C(O)c1ccc(O)cc1. The Hall–Kier alpha value is -6.16. The minimum absolute atomic E-state index is 0.0741. The zero-order valence-corrected chi connectivity index (χ0v) is 56.0. The number of esters is 3. The van der Waals surface area contributed by atoms with Crippen LogP contribution in [0, 0.1) is 0 Å². The van der Waals surface area contributed by atoms with Gasteiger partial charge in [-0.1, -0.05) is 131 Å². The number of phenolic OH excluding ortho intramolecular Hbond substituents is 4. The summed E-state index contributed by atoms with van der Waals surface area (Å²) in [6, 6.07) is 23.9. The number of benzene rings is 4. The summed E-state index contributed by atoms with van der Waals surface area (Å²) in [5.41, 5.74) is 1.84. The van der Waals surface area contributed by atoms with E-state index in [1.165, 1.54) is 176 Å². The predicted molar refractivity (Wildman–Crippen MR) is 358 cm³/mol. The van der Waals surface area contributed by atoms with Crippen LogP contribution in [0.1, 0.15) is 258 Å². The van der Waals surface area contributed by atoms with Crippen molar-refractivity contribution in [2.24, 2.45) is 0 Å². The smallest absolute Gasteiger partial charge is 0.338 e. The monoisotopic (exact) mass is 1230 g/mol. The fraction of sp³-hybridized carbons (Fsp3) is 0.616. The molecule has 0 aliphatic rings. The largest absolute Gasteiger partial charge is 0.508 e. The fourth-order valence-electron chi connectivity index (χ4n) is 9.82. The maximum atomic E-state index is 12.0. The molecule has 0 radical (unpaired) electrons. The van der Waals surface area contributed by atoms with Gasteiger partial charge in [0.2, 0.25) is 0 Å². The van der Waals surface area contributed by atoms with E-state index in [2.05, 4.69) is 83.9 Å². The van der Waals surface area contributed by atoms with Crippen molar-refractivity contribution in [3.05, 3.63) is 119 Å². The number of carboxylic acid groups (broad SMARTS) is 1. The van der Waals surface area contributed by atoms with Crippen LogP contribution in [0.4, 0.5) is 0 Å². The van der Waals surface area contributed by atoms with Crippen LogP contribution in [0.5, 0.6) is 23.0 Å². The third kappa shape index (κ3) is 37.6. The molecule has 0 aliphatic carbocycles. The van der Waals surface area contributed by atoms with Gasteiger partial charge in [0.05, 0.1) is 42.1 Å². The number of carbonyl (C=O) groups is 4.